The summed E-state index contributed by atoms with van der Waals surface area (Å²) in [5, 5.41) is 27.1. The second-order valence-electron chi connectivity index (χ2n) is 9.89. The van der Waals surface area contributed by atoms with Crippen LogP contribution in [0.4, 0.5) is 17.6 Å². The summed E-state index contributed by atoms with van der Waals surface area (Å²) in [5.74, 6) is -1.37. The quantitative estimate of drug-likeness (QED) is 0.180. The molecule has 0 saturated carbocycles. The number of alkyl halides is 3. The molecule has 3 aromatic carbocycles. The lowest BCUT2D eigenvalue weighted by Gasteiger charge is -2.19. The van der Waals surface area contributed by atoms with Gasteiger partial charge in [-0.1, -0.05) is 30.3 Å². The van der Waals surface area contributed by atoms with Gasteiger partial charge in [-0.3, -0.25) is 9.59 Å². The lowest BCUT2D eigenvalue weighted by Crippen LogP contribution is -2.32. The van der Waals surface area contributed by atoms with Crippen molar-refractivity contribution in [1.29, 1.82) is 0 Å². The first-order valence-electron chi connectivity index (χ1n) is 12.9. The Morgan fingerprint density at radius 2 is 1.71 bits per heavy atom. The van der Waals surface area contributed by atoms with E-state index >= 15 is 0 Å². The van der Waals surface area contributed by atoms with Crippen LogP contribution in [-0.2, 0) is 30.4 Å². The number of halogens is 4. The van der Waals surface area contributed by atoms with Crippen molar-refractivity contribution in [2.45, 2.75) is 44.6 Å². The normalized spacial score (nSPS) is 13.2. The minimum Gasteiger partial charge on any atom is -0.506 e. The van der Waals surface area contributed by atoms with Crippen molar-refractivity contribution in [2.24, 2.45) is 0 Å². The molecule has 0 aliphatic rings. The maximum Gasteiger partial charge on any atom is 0.416 e. The maximum absolute atomic E-state index is 13.9. The van der Waals surface area contributed by atoms with Crippen LogP contribution in [0.3, 0.4) is 0 Å². The first-order valence-corrected chi connectivity index (χ1v) is 12.9. The second-order valence-corrected chi connectivity index (χ2v) is 9.89. The summed E-state index contributed by atoms with van der Waals surface area (Å²) < 4.78 is 52.5. The van der Waals surface area contributed by atoms with E-state index in [0.717, 1.165) is 11.6 Å². The van der Waals surface area contributed by atoms with Crippen LogP contribution in [0, 0.1) is 5.82 Å². The van der Waals surface area contributed by atoms with Crippen LogP contribution < -0.4 is 16.2 Å². The maximum atomic E-state index is 13.9. The summed E-state index contributed by atoms with van der Waals surface area (Å²) in [4.78, 5) is 26.5. The van der Waals surface area contributed by atoms with Crippen LogP contribution in [0.1, 0.15) is 40.8 Å². The molecule has 1 aromatic heterocycles. The van der Waals surface area contributed by atoms with E-state index in [9.17, 15) is 37.4 Å². The Morgan fingerprint density at radius 1 is 1.00 bits per heavy atom. The molecule has 0 aliphatic heterocycles. The van der Waals surface area contributed by atoms with Crippen molar-refractivity contribution in [3.63, 3.8) is 0 Å². The van der Waals surface area contributed by atoms with E-state index in [1.807, 2.05) is 19.1 Å². The number of H-pyrrole nitrogens is 1. The van der Waals surface area contributed by atoms with Crippen molar-refractivity contribution >= 4 is 16.8 Å². The van der Waals surface area contributed by atoms with Crippen LogP contribution in [0.5, 0.6) is 5.75 Å². The van der Waals surface area contributed by atoms with E-state index in [4.69, 9.17) is 0 Å². The van der Waals surface area contributed by atoms with Gasteiger partial charge >= 0.3 is 6.18 Å². The lowest BCUT2D eigenvalue weighted by molar-refractivity contribution is -0.137. The first kappa shape index (κ1) is 29.8. The largest absolute Gasteiger partial charge is 0.506 e. The number of aliphatic hydroxyl groups is 1. The molecule has 0 spiro atoms. The monoisotopic (exact) mass is 571 g/mol. The number of amides is 1. The fourth-order valence-electron chi connectivity index (χ4n) is 4.52. The van der Waals surface area contributed by atoms with Gasteiger partial charge in [0.25, 0.3) is 0 Å². The number of aromatic nitrogens is 1. The Kier molecular flexibility index (Phi) is 9.09. The molecule has 0 saturated heterocycles. The number of aromatic amines is 1. The van der Waals surface area contributed by atoms with Crippen molar-refractivity contribution in [3.8, 4) is 5.75 Å². The molecule has 0 bridgehead atoms. The van der Waals surface area contributed by atoms with Gasteiger partial charge in [-0.25, -0.2) is 4.39 Å². The molecule has 1 amide bonds. The van der Waals surface area contributed by atoms with E-state index in [-0.39, 0.29) is 47.9 Å². The van der Waals surface area contributed by atoms with Gasteiger partial charge in [0.05, 0.1) is 23.6 Å². The summed E-state index contributed by atoms with van der Waals surface area (Å²) >= 11 is 0. The van der Waals surface area contributed by atoms with E-state index < -0.39 is 29.6 Å². The predicted octanol–water partition coefficient (Wildman–Crippen LogP) is 4.50. The average Bonchev–Trinajstić information content (AvgIpc) is 2.92. The zero-order valence-electron chi connectivity index (χ0n) is 22.1. The molecule has 41 heavy (non-hydrogen) atoms. The van der Waals surface area contributed by atoms with Gasteiger partial charge in [-0.05, 0) is 60.4 Å². The minimum absolute atomic E-state index is 0.0211. The van der Waals surface area contributed by atoms with E-state index in [1.54, 1.807) is 24.3 Å². The summed E-state index contributed by atoms with van der Waals surface area (Å²) in [6, 6.07) is 15.2. The summed E-state index contributed by atoms with van der Waals surface area (Å²) in [6.07, 6.45) is -4.90. The zero-order chi connectivity index (χ0) is 29.7. The number of benzene rings is 3. The number of carbonyl (C=O) groups is 1. The molecule has 216 valence electrons. The van der Waals surface area contributed by atoms with Crippen molar-refractivity contribution in [3.05, 3.63) is 111 Å². The van der Waals surface area contributed by atoms with Crippen LogP contribution in [-0.4, -0.2) is 33.7 Å². The van der Waals surface area contributed by atoms with Crippen molar-refractivity contribution in [2.75, 3.05) is 6.54 Å². The van der Waals surface area contributed by atoms with Crippen molar-refractivity contribution < 1.29 is 32.6 Å². The molecule has 5 N–H and O–H groups in total. The second kappa shape index (κ2) is 12.5. The highest BCUT2D eigenvalue weighted by molar-refractivity contribution is 5.87. The van der Waals surface area contributed by atoms with Crippen LogP contribution >= 0.6 is 0 Å². The summed E-state index contributed by atoms with van der Waals surface area (Å²) in [5.41, 5.74) is 0.896. The van der Waals surface area contributed by atoms with Gasteiger partial charge in [0.2, 0.25) is 11.5 Å². The fraction of sp³-hybridized carbons (Fsp3) is 0.267. The van der Waals surface area contributed by atoms with E-state index in [2.05, 4.69) is 15.6 Å². The van der Waals surface area contributed by atoms with Gasteiger partial charge in [0.15, 0.2) is 0 Å². The topological polar surface area (TPSA) is 114 Å². The molecular weight excluding hydrogens is 542 g/mol. The molecule has 4 aromatic rings. The van der Waals surface area contributed by atoms with E-state index in [1.165, 1.54) is 12.1 Å². The van der Waals surface area contributed by atoms with Gasteiger partial charge < -0.3 is 25.8 Å². The first-order chi connectivity index (χ1) is 19.4. The summed E-state index contributed by atoms with van der Waals surface area (Å²) in [7, 11) is 0. The Bertz CT molecular complexity index is 1590. The Morgan fingerprint density at radius 3 is 2.41 bits per heavy atom. The molecule has 0 aliphatic carbocycles. The molecule has 1 heterocycles. The van der Waals surface area contributed by atoms with Crippen LogP contribution in [0.2, 0.25) is 0 Å². The number of aliphatic hydroxyl groups excluding tert-OH is 1. The fourth-order valence-corrected chi connectivity index (χ4v) is 4.52. The zero-order valence-corrected chi connectivity index (χ0v) is 22.1. The number of rotatable bonds is 10. The lowest BCUT2D eigenvalue weighted by atomic mass is 10.0. The molecule has 2 atom stereocenters. The van der Waals surface area contributed by atoms with Gasteiger partial charge in [-0.2, -0.15) is 13.2 Å². The van der Waals surface area contributed by atoms with Crippen LogP contribution in [0.25, 0.3) is 10.9 Å². The number of phenolic OH excluding ortho intramolecular Hbond substituents is 1. The third-order valence-electron chi connectivity index (χ3n) is 6.70. The molecule has 4 rings (SSSR count). The predicted molar refractivity (Wildman–Crippen MR) is 146 cm³/mol. The Labute approximate surface area is 232 Å². The molecule has 0 radical (unpaired) electrons. The molecular formula is C30H29F4N3O4. The number of hydrogen-bond donors (Lipinski definition) is 5. The number of pyridine rings is 1. The highest BCUT2D eigenvalue weighted by Crippen LogP contribution is 2.30. The molecule has 0 fully saturated rings. The van der Waals surface area contributed by atoms with E-state index in [0.29, 0.717) is 35.1 Å². The van der Waals surface area contributed by atoms with Crippen molar-refractivity contribution in [1.82, 2.24) is 15.6 Å². The van der Waals surface area contributed by atoms with Gasteiger partial charge in [0, 0.05) is 36.1 Å². The van der Waals surface area contributed by atoms with Crippen LogP contribution in [0.15, 0.2) is 71.5 Å². The number of phenols is 1. The Hall–Kier alpha value is -4.22. The third-order valence-corrected chi connectivity index (χ3v) is 6.70. The van der Waals surface area contributed by atoms with Gasteiger partial charge in [0.1, 0.15) is 11.6 Å². The average molecular weight is 572 g/mol. The third kappa shape index (κ3) is 7.71. The number of hydrogen-bond acceptors (Lipinski definition) is 5. The Balaban J connectivity index is 1.27. The standard InChI is InChI=1S/C30H29F4N3O4/c1-17(35-16-26(39)22-7-10-25(38)29-23(22)8-11-27(40)37-29)12-18-2-4-19(5-3-18)13-28(41)36-15-20-14-21(30(32,33)34)6-9-24(20)31/h2-11,14,17,26,35,38-39H,12-13,15-16H2,1H3,(H,36,41)(H,37,40)/t17-,26-/m1/s1. The molecule has 0 unspecified atom stereocenters. The molecule has 7 nitrogen and oxygen atoms in total. The number of fused-ring (bicyclic) bond motifs is 1. The number of nitrogens with one attached hydrogen (secondary N) is 3. The number of aromatic hydroxyl groups is 1. The van der Waals surface area contributed by atoms with Gasteiger partial charge in [-0.15, -0.1) is 0 Å². The molecule has 11 heteroatoms. The highest BCUT2D eigenvalue weighted by Gasteiger charge is 2.31. The SMILES string of the molecule is C[C@H](Cc1ccc(CC(=O)NCc2cc(C(F)(F)F)ccc2F)cc1)NC[C@@H](O)c1ccc(O)c2[nH]c(=O)ccc12. The highest BCUT2D eigenvalue weighted by atomic mass is 19.4. The minimum atomic E-state index is -4.61. The smallest absolute Gasteiger partial charge is 0.416 e. The summed E-state index contributed by atoms with van der Waals surface area (Å²) in [6.45, 7) is 1.82. The number of carbonyl (C=O) groups excluding carboxylic acids is 1.